The van der Waals surface area contributed by atoms with Gasteiger partial charge in [0.1, 0.15) is 5.58 Å². The van der Waals surface area contributed by atoms with Crippen LogP contribution in [-0.2, 0) is 5.41 Å². The van der Waals surface area contributed by atoms with Gasteiger partial charge in [0.25, 0.3) is 0 Å². The molecule has 45 heavy (non-hydrogen) atoms. The normalized spacial score (nSPS) is 13.1. The highest BCUT2D eigenvalue weighted by molar-refractivity contribution is 6.12. The van der Waals surface area contributed by atoms with Gasteiger partial charge in [-0.1, -0.05) is 140 Å². The zero-order valence-corrected chi connectivity index (χ0v) is 24.6. The van der Waals surface area contributed by atoms with E-state index in [2.05, 4.69) is 175 Å². The summed E-state index contributed by atoms with van der Waals surface area (Å²) in [5.74, 6) is 0. The van der Waals surface area contributed by atoms with Crippen molar-refractivity contribution in [3.8, 4) is 11.1 Å². The predicted molar refractivity (Wildman–Crippen MR) is 186 cm³/mol. The van der Waals surface area contributed by atoms with Crippen molar-refractivity contribution >= 4 is 39.0 Å². The molecule has 0 unspecified atom stereocenters. The van der Waals surface area contributed by atoms with E-state index in [-0.39, 0.29) is 0 Å². The summed E-state index contributed by atoms with van der Waals surface area (Å²) in [6.45, 7) is 0. The van der Waals surface area contributed by atoms with Crippen LogP contribution in [0, 0.1) is 0 Å². The number of para-hydroxylation sites is 3. The van der Waals surface area contributed by atoms with Gasteiger partial charge in [-0.05, 0) is 69.8 Å². The Bertz CT molecular complexity index is 2240. The Hall–Kier alpha value is -5.86. The molecule has 0 N–H and O–H groups in total. The molecular formula is C43H29NO. The van der Waals surface area contributed by atoms with E-state index in [1.807, 2.05) is 6.07 Å². The molecule has 0 saturated carbocycles. The van der Waals surface area contributed by atoms with E-state index in [0.717, 1.165) is 39.0 Å². The molecule has 1 aliphatic rings. The molecular weight excluding hydrogens is 546 g/mol. The van der Waals surface area contributed by atoms with E-state index in [4.69, 9.17) is 4.42 Å². The molecule has 0 saturated heterocycles. The number of fused-ring (bicyclic) bond motifs is 6. The summed E-state index contributed by atoms with van der Waals surface area (Å²) in [6.07, 6.45) is 0. The van der Waals surface area contributed by atoms with Crippen LogP contribution >= 0.6 is 0 Å². The van der Waals surface area contributed by atoms with Gasteiger partial charge in [-0.3, -0.25) is 0 Å². The van der Waals surface area contributed by atoms with Crippen LogP contribution in [0.2, 0.25) is 0 Å². The molecule has 0 aliphatic heterocycles. The van der Waals surface area contributed by atoms with Crippen molar-refractivity contribution in [3.05, 3.63) is 198 Å². The second-order valence-corrected chi connectivity index (χ2v) is 11.7. The molecule has 0 amide bonds. The number of anilines is 3. The summed E-state index contributed by atoms with van der Waals surface area (Å²) >= 11 is 0. The van der Waals surface area contributed by atoms with Crippen molar-refractivity contribution in [3.63, 3.8) is 0 Å². The standard InChI is InChI=1S/C43H29NO/c1-4-16-30(17-5-1)43(37-25-13-10-22-33(37)34-23-11-14-26-38(34)43)39-29-28-36-35-24-12-15-27-40(35)45-42(36)41(39)44(31-18-6-2-7-19-31)32-20-8-3-9-21-32/h1-29H. The number of hydrogen-bond donors (Lipinski definition) is 0. The third-order valence-electron chi connectivity index (χ3n) is 9.34. The average Bonchev–Trinajstić information content (AvgIpc) is 3.64. The summed E-state index contributed by atoms with van der Waals surface area (Å²) < 4.78 is 6.92. The molecule has 0 bridgehead atoms. The Morgan fingerprint density at radius 2 is 0.911 bits per heavy atom. The second-order valence-electron chi connectivity index (χ2n) is 11.7. The van der Waals surface area contributed by atoms with Gasteiger partial charge >= 0.3 is 0 Å². The molecule has 7 aromatic carbocycles. The predicted octanol–water partition coefficient (Wildman–Crippen LogP) is 11.4. The molecule has 212 valence electrons. The maximum absolute atomic E-state index is 6.92. The van der Waals surface area contributed by atoms with Gasteiger partial charge in [-0.15, -0.1) is 0 Å². The van der Waals surface area contributed by atoms with Crippen LogP contribution in [0.1, 0.15) is 22.3 Å². The van der Waals surface area contributed by atoms with Crippen molar-refractivity contribution in [2.24, 2.45) is 0 Å². The molecule has 0 spiro atoms. The monoisotopic (exact) mass is 575 g/mol. The second kappa shape index (κ2) is 10.1. The van der Waals surface area contributed by atoms with Crippen LogP contribution in [0.15, 0.2) is 180 Å². The van der Waals surface area contributed by atoms with Crippen LogP contribution in [0.25, 0.3) is 33.1 Å². The molecule has 2 heteroatoms. The van der Waals surface area contributed by atoms with Gasteiger partial charge in [0.15, 0.2) is 5.58 Å². The van der Waals surface area contributed by atoms with Crippen molar-refractivity contribution < 1.29 is 4.42 Å². The SMILES string of the molecule is c1ccc(N(c2ccccc2)c2c(C3(c4ccccc4)c4ccccc4-c4ccccc43)ccc3c2oc2ccccc23)cc1. The van der Waals surface area contributed by atoms with Crippen LogP contribution < -0.4 is 4.90 Å². The summed E-state index contributed by atoms with van der Waals surface area (Å²) in [7, 11) is 0. The third kappa shape index (κ3) is 3.69. The third-order valence-corrected chi connectivity index (χ3v) is 9.34. The van der Waals surface area contributed by atoms with Gasteiger partial charge in [-0.2, -0.15) is 0 Å². The highest BCUT2D eigenvalue weighted by atomic mass is 16.3. The minimum absolute atomic E-state index is 0.598. The lowest BCUT2D eigenvalue weighted by Crippen LogP contribution is -2.30. The number of nitrogens with zero attached hydrogens (tertiary/aromatic N) is 1. The van der Waals surface area contributed by atoms with Gasteiger partial charge in [-0.25, -0.2) is 0 Å². The summed E-state index contributed by atoms with van der Waals surface area (Å²) in [6, 6.07) is 63.1. The van der Waals surface area contributed by atoms with Crippen molar-refractivity contribution in [2.75, 3.05) is 4.90 Å². The maximum Gasteiger partial charge on any atom is 0.159 e. The van der Waals surface area contributed by atoms with Crippen molar-refractivity contribution in [2.45, 2.75) is 5.41 Å². The van der Waals surface area contributed by atoms with E-state index in [9.17, 15) is 0 Å². The number of hydrogen-bond acceptors (Lipinski definition) is 2. The fourth-order valence-electron chi connectivity index (χ4n) is 7.54. The van der Waals surface area contributed by atoms with Gasteiger partial charge in [0, 0.05) is 22.1 Å². The summed E-state index contributed by atoms with van der Waals surface area (Å²) in [5, 5.41) is 2.21. The van der Waals surface area contributed by atoms with Crippen molar-refractivity contribution in [1.29, 1.82) is 0 Å². The Kier molecular flexibility index (Phi) is 5.76. The highest BCUT2D eigenvalue weighted by Crippen LogP contribution is 2.60. The molecule has 2 nitrogen and oxygen atoms in total. The summed E-state index contributed by atoms with van der Waals surface area (Å²) in [5.41, 5.74) is 11.8. The molecule has 0 fully saturated rings. The maximum atomic E-state index is 6.92. The molecule has 9 rings (SSSR count). The number of benzene rings is 7. The first kappa shape index (κ1) is 25.6. The fourth-order valence-corrected chi connectivity index (χ4v) is 7.54. The Balaban J connectivity index is 1.51. The minimum atomic E-state index is -0.598. The molecule has 8 aromatic rings. The molecule has 0 radical (unpaired) electrons. The molecule has 0 atom stereocenters. The molecule has 1 aliphatic carbocycles. The zero-order chi connectivity index (χ0) is 29.8. The number of rotatable bonds is 5. The smallest absolute Gasteiger partial charge is 0.159 e. The largest absolute Gasteiger partial charge is 0.454 e. The lowest BCUT2D eigenvalue weighted by Gasteiger charge is -2.38. The lowest BCUT2D eigenvalue weighted by molar-refractivity contribution is 0.666. The Morgan fingerprint density at radius 1 is 0.400 bits per heavy atom. The Labute approximate surface area is 262 Å². The quantitative estimate of drug-likeness (QED) is 0.203. The highest BCUT2D eigenvalue weighted by Gasteiger charge is 2.48. The number of furan rings is 1. The topological polar surface area (TPSA) is 16.4 Å². The zero-order valence-electron chi connectivity index (χ0n) is 24.6. The first-order valence-electron chi connectivity index (χ1n) is 15.5. The van der Waals surface area contributed by atoms with Gasteiger partial charge in [0.05, 0.1) is 11.1 Å². The Morgan fingerprint density at radius 3 is 1.53 bits per heavy atom. The van der Waals surface area contributed by atoms with Crippen LogP contribution in [-0.4, -0.2) is 0 Å². The van der Waals surface area contributed by atoms with Crippen molar-refractivity contribution in [1.82, 2.24) is 0 Å². The van der Waals surface area contributed by atoms with E-state index in [1.165, 1.54) is 33.4 Å². The summed E-state index contributed by atoms with van der Waals surface area (Å²) in [4.78, 5) is 2.38. The fraction of sp³-hybridized carbons (Fsp3) is 0.0233. The minimum Gasteiger partial charge on any atom is -0.454 e. The first-order chi connectivity index (χ1) is 22.4. The van der Waals surface area contributed by atoms with Gasteiger partial charge in [0.2, 0.25) is 0 Å². The van der Waals surface area contributed by atoms with E-state index >= 15 is 0 Å². The van der Waals surface area contributed by atoms with Gasteiger partial charge < -0.3 is 9.32 Å². The van der Waals surface area contributed by atoms with Crippen LogP contribution in [0.5, 0.6) is 0 Å². The molecule has 1 aromatic heterocycles. The van der Waals surface area contributed by atoms with E-state index < -0.39 is 5.41 Å². The van der Waals surface area contributed by atoms with E-state index in [1.54, 1.807) is 0 Å². The average molecular weight is 576 g/mol. The first-order valence-corrected chi connectivity index (χ1v) is 15.5. The van der Waals surface area contributed by atoms with Crippen LogP contribution in [0.4, 0.5) is 17.1 Å². The lowest BCUT2D eigenvalue weighted by atomic mass is 9.67. The van der Waals surface area contributed by atoms with E-state index in [0.29, 0.717) is 0 Å². The molecule has 1 heterocycles. The van der Waals surface area contributed by atoms with Crippen LogP contribution in [0.3, 0.4) is 0 Å².